The molecule has 2 atom stereocenters. The third-order valence-corrected chi connectivity index (χ3v) is 3.92. The predicted octanol–water partition coefficient (Wildman–Crippen LogP) is 3.75. The summed E-state index contributed by atoms with van der Waals surface area (Å²) in [4.78, 5) is 0. The topological polar surface area (TPSA) is 20.2 Å². The Bertz CT molecular complexity index is 385. The molecule has 0 bridgehead atoms. The van der Waals surface area contributed by atoms with Crippen molar-refractivity contribution in [1.29, 1.82) is 0 Å². The van der Waals surface area contributed by atoms with Crippen LogP contribution in [0.2, 0.25) is 0 Å². The molecule has 94 valence electrons. The highest BCUT2D eigenvalue weighted by molar-refractivity contribution is 5.27. The highest BCUT2D eigenvalue weighted by Gasteiger charge is 2.42. The van der Waals surface area contributed by atoms with Crippen LogP contribution in [-0.4, -0.2) is 5.11 Å². The largest absolute Gasteiger partial charge is 0.385 e. The van der Waals surface area contributed by atoms with Crippen LogP contribution in [0.4, 0.5) is 8.78 Å². The summed E-state index contributed by atoms with van der Waals surface area (Å²) >= 11 is 0. The van der Waals surface area contributed by atoms with Crippen molar-refractivity contribution in [3.8, 4) is 0 Å². The Morgan fingerprint density at radius 1 is 1.29 bits per heavy atom. The zero-order chi connectivity index (χ0) is 12.5. The highest BCUT2D eigenvalue weighted by atomic mass is 19.1. The molecular weight excluding hydrogens is 222 g/mol. The fraction of sp³-hybridized carbons (Fsp3) is 0.571. The van der Waals surface area contributed by atoms with Gasteiger partial charge in [-0.25, -0.2) is 8.78 Å². The Labute approximate surface area is 100 Å². The highest BCUT2D eigenvalue weighted by Crippen LogP contribution is 2.44. The van der Waals surface area contributed by atoms with Crippen molar-refractivity contribution < 1.29 is 13.9 Å². The van der Waals surface area contributed by atoms with E-state index in [1.54, 1.807) is 0 Å². The maximum atomic E-state index is 13.8. The zero-order valence-corrected chi connectivity index (χ0v) is 10.0. The second-order valence-electron chi connectivity index (χ2n) is 4.87. The van der Waals surface area contributed by atoms with Crippen LogP contribution in [0.5, 0.6) is 0 Å². The molecule has 1 aromatic carbocycles. The first-order chi connectivity index (χ1) is 8.09. The molecule has 1 aliphatic carbocycles. The Balaban J connectivity index is 2.48. The number of hydrogen-bond acceptors (Lipinski definition) is 1. The molecule has 0 heterocycles. The summed E-state index contributed by atoms with van der Waals surface area (Å²) in [6, 6.07) is 3.77. The van der Waals surface area contributed by atoms with Crippen LogP contribution >= 0.6 is 0 Å². The monoisotopic (exact) mass is 240 g/mol. The molecule has 0 aromatic heterocycles. The van der Waals surface area contributed by atoms with E-state index in [2.05, 4.69) is 0 Å². The molecule has 2 rings (SSSR count). The number of hydrogen-bond donors (Lipinski definition) is 1. The Hall–Kier alpha value is -0.960. The normalized spacial score (nSPS) is 29.3. The lowest BCUT2D eigenvalue weighted by Gasteiger charge is -2.40. The van der Waals surface area contributed by atoms with Gasteiger partial charge < -0.3 is 5.11 Å². The SMILES string of the molecule is CCC1CCCCC1(O)c1c(F)cccc1F. The minimum absolute atomic E-state index is 0.0531. The quantitative estimate of drug-likeness (QED) is 0.834. The number of halogens is 2. The molecule has 0 spiro atoms. The summed E-state index contributed by atoms with van der Waals surface area (Å²) in [5, 5.41) is 10.7. The molecule has 0 aliphatic heterocycles. The first-order valence-corrected chi connectivity index (χ1v) is 6.26. The molecular formula is C14H18F2O. The lowest BCUT2D eigenvalue weighted by atomic mass is 9.70. The van der Waals surface area contributed by atoms with Crippen LogP contribution in [0.1, 0.15) is 44.6 Å². The van der Waals surface area contributed by atoms with Gasteiger partial charge in [0.25, 0.3) is 0 Å². The second kappa shape index (κ2) is 4.73. The minimum atomic E-state index is -1.33. The number of aliphatic hydroxyl groups is 1. The maximum Gasteiger partial charge on any atom is 0.132 e. The van der Waals surface area contributed by atoms with Crippen molar-refractivity contribution in [2.75, 3.05) is 0 Å². The molecule has 0 radical (unpaired) electrons. The molecule has 0 amide bonds. The van der Waals surface area contributed by atoms with E-state index in [0.29, 0.717) is 6.42 Å². The minimum Gasteiger partial charge on any atom is -0.385 e. The Kier molecular flexibility index (Phi) is 3.48. The van der Waals surface area contributed by atoms with Crippen molar-refractivity contribution in [1.82, 2.24) is 0 Å². The van der Waals surface area contributed by atoms with E-state index in [1.807, 2.05) is 6.92 Å². The lowest BCUT2D eigenvalue weighted by Crippen LogP contribution is -2.39. The van der Waals surface area contributed by atoms with Crippen molar-refractivity contribution in [2.24, 2.45) is 5.92 Å². The second-order valence-corrected chi connectivity index (χ2v) is 4.87. The van der Waals surface area contributed by atoms with Gasteiger partial charge in [0.2, 0.25) is 0 Å². The summed E-state index contributed by atoms with van der Waals surface area (Å²) in [5.41, 5.74) is -1.46. The molecule has 1 aliphatic rings. The van der Waals surface area contributed by atoms with E-state index < -0.39 is 17.2 Å². The van der Waals surface area contributed by atoms with E-state index in [0.717, 1.165) is 25.7 Å². The molecule has 2 unspecified atom stereocenters. The standard InChI is InChI=1S/C14H18F2O/c1-2-10-6-3-4-9-14(10,17)13-11(15)7-5-8-12(13)16/h5,7-8,10,17H,2-4,6,9H2,1H3. The van der Waals surface area contributed by atoms with Gasteiger partial charge in [-0.05, 0) is 30.9 Å². The van der Waals surface area contributed by atoms with Gasteiger partial charge in [-0.3, -0.25) is 0 Å². The molecule has 1 nitrogen and oxygen atoms in total. The van der Waals surface area contributed by atoms with Gasteiger partial charge in [-0.2, -0.15) is 0 Å². The third-order valence-electron chi connectivity index (χ3n) is 3.92. The average Bonchev–Trinajstić information content (AvgIpc) is 2.29. The van der Waals surface area contributed by atoms with Gasteiger partial charge in [0.05, 0.1) is 11.2 Å². The molecule has 17 heavy (non-hydrogen) atoms. The first kappa shape index (κ1) is 12.5. The predicted molar refractivity (Wildman–Crippen MR) is 62.5 cm³/mol. The molecule has 3 heteroatoms. The molecule has 1 aromatic rings. The van der Waals surface area contributed by atoms with Crippen molar-refractivity contribution in [3.05, 3.63) is 35.4 Å². The summed E-state index contributed by atoms with van der Waals surface area (Å²) in [5.74, 6) is -1.32. The smallest absolute Gasteiger partial charge is 0.132 e. The van der Waals surface area contributed by atoms with Gasteiger partial charge in [0.15, 0.2) is 0 Å². The van der Waals surface area contributed by atoms with E-state index in [-0.39, 0.29) is 11.5 Å². The van der Waals surface area contributed by atoms with Gasteiger partial charge in [-0.1, -0.05) is 32.3 Å². The Morgan fingerprint density at radius 2 is 1.94 bits per heavy atom. The van der Waals surface area contributed by atoms with Gasteiger partial charge in [0.1, 0.15) is 11.6 Å². The summed E-state index contributed by atoms with van der Waals surface area (Å²) < 4.78 is 27.6. The van der Waals surface area contributed by atoms with E-state index >= 15 is 0 Å². The fourth-order valence-corrected chi connectivity index (χ4v) is 3.01. The average molecular weight is 240 g/mol. The summed E-state index contributed by atoms with van der Waals surface area (Å²) in [6.45, 7) is 1.96. The van der Waals surface area contributed by atoms with Crippen LogP contribution in [-0.2, 0) is 5.60 Å². The summed E-state index contributed by atoms with van der Waals surface area (Å²) in [7, 11) is 0. The van der Waals surface area contributed by atoms with Crippen LogP contribution in [0.3, 0.4) is 0 Å². The number of benzene rings is 1. The zero-order valence-electron chi connectivity index (χ0n) is 10.0. The van der Waals surface area contributed by atoms with E-state index in [9.17, 15) is 13.9 Å². The first-order valence-electron chi connectivity index (χ1n) is 6.26. The van der Waals surface area contributed by atoms with Crippen LogP contribution in [0.25, 0.3) is 0 Å². The molecule has 0 saturated heterocycles. The van der Waals surface area contributed by atoms with Crippen molar-refractivity contribution >= 4 is 0 Å². The van der Waals surface area contributed by atoms with Crippen molar-refractivity contribution in [2.45, 2.75) is 44.6 Å². The van der Waals surface area contributed by atoms with Gasteiger partial charge in [-0.15, -0.1) is 0 Å². The van der Waals surface area contributed by atoms with E-state index in [1.165, 1.54) is 18.2 Å². The maximum absolute atomic E-state index is 13.8. The van der Waals surface area contributed by atoms with Crippen LogP contribution in [0.15, 0.2) is 18.2 Å². The molecule has 1 fully saturated rings. The van der Waals surface area contributed by atoms with Gasteiger partial charge >= 0.3 is 0 Å². The van der Waals surface area contributed by atoms with Crippen molar-refractivity contribution in [3.63, 3.8) is 0 Å². The van der Waals surface area contributed by atoms with E-state index in [4.69, 9.17) is 0 Å². The molecule has 1 saturated carbocycles. The third kappa shape index (κ3) is 2.08. The van der Waals surface area contributed by atoms with Crippen LogP contribution < -0.4 is 0 Å². The number of rotatable bonds is 2. The fourth-order valence-electron chi connectivity index (χ4n) is 3.01. The Morgan fingerprint density at radius 3 is 2.53 bits per heavy atom. The molecule has 1 N–H and O–H groups in total. The lowest BCUT2D eigenvalue weighted by molar-refractivity contribution is -0.0610. The van der Waals surface area contributed by atoms with Crippen LogP contribution in [0, 0.1) is 17.6 Å². The van der Waals surface area contributed by atoms with Gasteiger partial charge in [0, 0.05) is 0 Å². The summed E-state index contributed by atoms with van der Waals surface area (Å²) in [6.07, 6.45) is 3.87.